The molecule has 0 saturated carbocycles. The second-order valence-corrected chi connectivity index (χ2v) is 7.60. The Morgan fingerprint density at radius 3 is 2.55 bits per heavy atom. The lowest BCUT2D eigenvalue weighted by Crippen LogP contribution is -2.36. The number of nitrogens with zero attached hydrogens (tertiary/aromatic N) is 1. The summed E-state index contributed by atoms with van der Waals surface area (Å²) in [6.45, 7) is 1.73. The number of H-pyrrole nitrogens is 1. The van der Waals surface area contributed by atoms with Crippen molar-refractivity contribution in [2.24, 2.45) is 0 Å². The molecular formula is C24H28N2O3. The van der Waals surface area contributed by atoms with E-state index in [1.54, 1.807) is 14.2 Å². The summed E-state index contributed by atoms with van der Waals surface area (Å²) in [6, 6.07) is 14.2. The molecule has 5 nitrogen and oxygen atoms in total. The van der Waals surface area contributed by atoms with Crippen LogP contribution in [0.2, 0.25) is 0 Å². The molecule has 0 spiro atoms. The maximum atomic E-state index is 13.2. The zero-order valence-electron chi connectivity index (χ0n) is 17.1. The highest BCUT2D eigenvalue weighted by molar-refractivity contribution is 5.86. The van der Waals surface area contributed by atoms with Crippen LogP contribution in [-0.2, 0) is 4.79 Å². The number of ether oxygens (including phenoxy) is 2. The maximum Gasteiger partial charge on any atom is 0.223 e. The molecule has 1 atom stereocenters. The number of piperidine rings is 1. The van der Waals surface area contributed by atoms with Crippen LogP contribution in [0, 0.1) is 0 Å². The Balaban J connectivity index is 1.73. The van der Waals surface area contributed by atoms with Gasteiger partial charge in [-0.3, -0.25) is 4.79 Å². The van der Waals surface area contributed by atoms with Crippen LogP contribution in [0.3, 0.4) is 0 Å². The molecule has 3 aromatic rings. The molecule has 1 amide bonds. The number of rotatable bonds is 6. The van der Waals surface area contributed by atoms with Gasteiger partial charge in [0.15, 0.2) is 11.5 Å². The number of carbonyl (C=O) groups is 1. The summed E-state index contributed by atoms with van der Waals surface area (Å²) < 4.78 is 10.9. The minimum Gasteiger partial charge on any atom is -0.493 e. The van der Waals surface area contributed by atoms with Gasteiger partial charge >= 0.3 is 0 Å². The van der Waals surface area contributed by atoms with Gasteiger partial charge in [-0.25, -0.2) is 0 Å². The van der Waals surface area contributed by atoms with E-state index in [4.69, 9.17) is 9.47 Å². The Bertz CT molecular complexity index is 989. The number of aromatic amines is 1. The van der Waals surface area contributed by atoms with Gasteiger partial charge in [-0.1, -0.05) is 24.3 Å². The molecule has 1 N–H and O–H groups in total. The first-order valence-electron chi connectivity index (χ1n) is 10.3. The smallest absolute Gasteiger partial charge is 0.223 e. The number of aromatic nitrogens is 1. The fraction of sp³-hybridized carbons (Fsp3) is 0.375. The Morgan fingerprint density at radius 2 is 1.79 bits per heavy atom. The Labute approximate surface area is 171 Å². The maximum absolute atomic E-state index is 13.2. The first-order valence-corrected chi connectivity index (χ1v) is 10.3. The van der Waals surface area contributed by atoms with E-state index in [0.29, 0.717) is 17.9 Å². The average Bonchev–Trinajstić information content (AvgIpc) is 3.21. The quantitative estimate of drug-likeness (QED) is 0.660. The van der Waals surface area contributed by atoms with Crippen LogP contribution in [0.15, 0.2) is 48.7 Å². The lowest BCUT2D eigenvalue weighted by Gasteiger charge is -2.29. The van der Waals surface area contributed by atoms with Crippen LogP contribution in [-0.4, -0.2) is 43.1 Å². The molecule has 1 saturated heterocycles. The molecule has 1 fully saturated rings. The van der Waals surface area contributed by atoms with Gasteiger partial charge in [0.25, 0.3) is 0 Å². The highest BCUT2D eigenvalue weighted by Crippen LogP contribution is 2.38. The van der Waals surface area contributed by atoms with Crippen molar-refractivity contribution in [2.75, 3.05) is 27.3 Å². The summed E-state index contributed by atoms with van der Waals surface area (Å²) in [5, 5.41) is 1.15. The fourth-order valence-electron chi connectivity index (χ4n) is 4.31. The zero-order chi connectivity index (χ0) is 20.2. The van der Waals surface area contributed by atoms with Crippen LogP contribution in [0.25, 0.3) is 10.9 Å². The van der Waals surface area contributed by atoms with Crippen LogP contribution in [0.1, 0.15) is 42.7 Å². The number of methoxy groups -OCH3 is 2. The van der Waals surface area contributed by atoms with Crippen molar-refractivity contribution in [1.82, 2.24) is 9.88 Å². The highest BCUT2D eigenvalue weighted by atomic mass is 16.5. The molecule has 4 rings (SSSR count). The number of fused-ring (bicyclic) bond motifs is 1. The molecule has 1 aliphatic rings. The fourth-order valence-corrected chi connectivity index (χ4v) is 4.31. The van der Waals surface area contributed by atoms with E-state index in [0.717, 1.165) is 48.0 Å². The third kappa shape index (κ3) is 3.95. The minimum atomic E-state index is -0.0552. The number of hydrogen-bond acceptors (Lipinski definition) is 3. The molecule has 5 heteroatoms. The number of benzene rings is 2. The second kappa shape index (κ2) is 8.60. The molecule has 1 aliphatic heterocycles. The molecule has 0 unspecified atom stereocenters. The summed E-state index contributed by atoms with van der Waals surface area (Å²) in [4.78, 5) is 18.5. The predicted molar refractivity (Wildman–Crippen MR) is 115 cm³/mol. The molecule has 1 aromatic heterocycles. The third-order valence-corrected chi connectivity index (χ3v) is 5.89. The SMILES string of the molecule is COc1ccc([C@@H](CC(=O)N2CCCCC2)c2c[nH]c3ccccc23)cc1OC. The van der Waals surface area contributed by atoms with E-state index in [1.807, 2.05) is 41.4 Å². The van der Waals surface area contributed by atoms with Gasteiger partial charge in [-0.05, 0) is 48.6 Å². The van der Waals surface area contributed by atoms with Crippen LogP contribution >= 0.6 is 0 Å². The average molecular weight is 392 g/mol. The first-order chi connectivity index (χ1) is 14.2. The Morgan fingerprint density at radius 1 is 1.03 bits per heavy atom. The number of amides is 1. The van der Waals surface area contributed by atoms with Crippen LogP contribution in [0.4, 0.5) is 0 Å². The van der Waals surface area contributed by atoms with Gasteiger partial charge in [0, 0.05) is 42.5 Å². The van der Waals surface area contributed by atoms with Gasteiger partial charge in [-0.2, -0.15) is 0 Å². The van der Waals surface area contributed by atoms with E-state index >= 15 is 0 Å². The van der Waals surface area contributed by atoms with E-state index in [-0.39, 0.29) is 11.8 Å². The molecule has 2 aromatic carbocycles. The summed E-state index contributed by atoms with van der Waals surface area (Å²) >= 11 is 0. The van der Waals surface area contributed by atoms with Crippen molar-refractivity contribution in [2.45, 2.75) is 31.6 Å². The summed E-state index contributed by atoms with van der Waals surface area (Å²) in [6.07, 6.45) is 5.89. The molecule has 0 radical (unpaired) electrons. The van der Waals surface area contributed by atoms with Crippen molar-refractivity contribution >= 4 is 16.8 Å². The normalized spacial score (nSPS) is 15.3. The summed E-state index contributed by atoms with van der Waals surface area (Å²) in [7, 11) is 3.27. The van der Waals surface area contributed by atoms with Gasteiger partial charge < -0.3 is 19.4 Å². The molecule has 2 heterocycles. The van der Waals surface area contributed by atoms with Crippen molar-refractivity contribution in [3.8, 4) is 11.5 Å². The third-order valence-electron chi connectivity index (χ3n) is 5.89. The van der Waals surface area contributed by atoms with Gasteiger partial charge in [0.2, 0.25) is 5.91 Å². The number of hydrogen-bond donors (Lipinski definition) is 1. The zero-order valence-corrected chi connectivity index (χ0v) is 17.1. The van der Waals surface area contributed by atoms with E-state index < -0.39 is 0 Å². The second-order valence-electron chi connectivity index (χ2n) is 7.60. The lowest BCUT2D eigenvalue weighted by molar-refractivity contribution is -0.132. The first kappa shape index (κ1) is 19.4. The van der Waals surface area contributed by atoms with Crippen molar-refractivity contribution in [3.05, 3.63) is 59.8 Å². The molecule has 0 aliphatic carbocycles. The summed E-state index contributed by atoms with van der Waals surface area (Å²) in [5.41, 5.74) is 3.27. The van der Waals surface area contributed by atoms with Crippen molar-refractivity contribution in [3.63, 3.8) is 0 Å². The highest BCUT2D eigenvalue weighted by Gasteiger charge is 2.26. The Hall–Kier alpha value is -2.95. The number of para-hydroxylation sites is 1. The van der Waals surface area contributed by atoms with E-state index in [1.165, 1.54) is 6.42 Å². The minimum absolute atomic E-state index is 0.0552. The van der Waals surface area contributed by atoms with Gasteiger partial charge in [0.05, 0.1) is 14.2 Å². The topological polar surface area (TPSA) is 54.6 Å². The van der Waals surface area contributed by atoms with E-state index in [9.17, 15) is 4.79 Å². The van der Waals surface area contributed by atoms with Gasteiger partial charge in [0.1, 0.15) is 0 Å². The Kier molecular flexibility index (Phi) is 5.74. The monoisotopic (exact) mass is 392 g/mol. The molecule has 152 valence electrons. The van der Waals surface area contributed by atoms with Crippen molar-refractivity contribution in [1.29, 1.82) is 0 Å². The number of nitrogens with one attached hydrogen (secondary N) is 1. The standard InChI is InChI=1S/C24H28N2O3/c1-28-22-11-10-17(14-23(22)29-2)19(15-24(27)26-12-6-3-7-13-26)20-16-25-21-9-5-4-8-18(20)21/h4-5,8-11,14,16,19,25H,3,6-7,12-13,15H2,1-2H3/t19-/m1/s1. The largest absolute Gasteiger partial charge is 0.493 e. The van der Waals surface area contributed by atoms with Crippen LogP contribution < -0.4 is 9.47 Å². The predicted octanol–water partition coefficient (Wildman–Crippen LogP) is 4.72. The van der Waals surface area contributed by atoms with Crippen molar-refractivity contribution < 1.29 is 14.3 Å². The molecular weight excluding hydrogens is 364 g/mol. The molecule has 0 bridgehead atoms. The number of likely N-dealkylation sites (tertiary alicyclic amines) is 1. The molecule has 29 heavy (non-hydrogen) atoms. The van der Waals surface area contributed by atoms with E-state index in [2.05, 4.69) is 17.1 Å². The van der Waals surface area contributed by atoms with Gasteiger partial charge in [-0.15, -0.1) is 0 Å². The van der Waals surface area contributed by atoms with Crippen LogP contribution in [0.5, 0.6) is 11.5 Å². The number of carbonyl (C=O) groups excluding carboxylic acids is 1. The summed E-state index contributed by atoms with van der Waals surface area (Å²) in [5.74, 6) is 1.53. The lowest BCUT2D eigenvalue weighted by atomic mass is 9.87.